The van der Waals surface area contributed by atoms with Gasteiger partial charge in [-0.3, -0.25) is 0 Å². The van der Waals surface area contributed by atoms with E-state index in [0.717, 1.165) is 17.1 Å². The lowest BCUT2D eigenvalue weighted by atomic mass is 10.3. The minimum Gasteiger partial charge on any atom is -0.495 e. The van der Waals surface area contributed by atoms with Crippen LogP contribution >= 0.6 is 11.6 Å². The lowest BCUT2D eigenvalue weighted by molar-refractivity contribution is 0.416. The third-order valence-electron chi connectivity index (χ3n) is 2.80. The van der Waals surface area contributed by atoms with Gasteiger partial charge in [0.25, 0.3) is 0 Å². The van der Waals surface area contributed by atoms with Crippen LogP contribution in [0.2, 0.25) is 5.02 Å². The molecule has 0 bridgehead atoms. The van der Waals surface area contributed by atoms with Crippen LogP contribution in [0.15, 0.2) is 42.5 Å². The first-order chi connectivity index (χ1) is 9.70. The van der Waals surface area contributed by atoms with E-state index in [-0.39, 0.29) is 5.02 Å². The van der Waals surface area contributed by atoms with Crippen LogP contribution in [0.4, 0.5) is 15.8 Å². The van der Waals surface area contributed by atoms with Crippen molar-refractivity contribution in [2.75, 3.05) is 30.8 Å². The van der Waals surface area contributed by atoms with Gasteiger partial charge in [0.05, 0.1) is 17.8 Å². The molecule has 0 atom stereocenters. The van der Waals surface area contributed by atoms with Crippen molar-refractivity contribution in [1.29, 1.82) is 0 Å². The van der Waals surface area contributed by atoms with Crippen molar-refractivity contribution < 1.29 is 9.13 Å². The summed E-state index contributed by atoms with van der Waals surface area (Å²) < 4.78 is 18.3. The molecule has 5 heteroatoms. The Labute approximate surface area is 122 Å². The molecule has 0 saturated heterocycles. The number of hydrogen-bond acceptors (Lipinski definition) is 3. The van der Waals surface area contributed by atoms with E-state index in [0.29, 0.717) is 13.1 Å². The Morgan fingerprint density at radius 1 is 1.10 bits per heavy atom. The van der Waals surface area contributed by atoms with Gasteiger partial charge in [0.2, 0.25) is 0 Å². The second-order valence-electron chi connectivity index (χ2n) is 4.18. The number of benzene rings is 2. The Morgan fingerprint density at radius 3 is 2.60 bits per heavy atom. The highest BCUT2D eigenvalue weighted by atomic mass is 35.5. The van der Waals surface area contributed by atoms with Gasteiger partial charge in [-0.2, -0.15) is 0 Å². The van der Waals surface area contributed by atoms with E-state index in [1.54, 1.807) is 19.2 Å². The molecule has 0 aromatic heterocycles. The summed E-state index contributed by atoms with van der Waals surface area (Å²) in [7, 11) is 1.64. The van der Waals surface area contributed by atoms with Crippen LogP contribution in [0.3, 0.4) is 0 Å². The Kier molecular flexibility index (Phi) is 5.07. The maximum atomic E-state index is 13.0. The van der Waals surface area contributed by atoms with E-state index in [1.165, 1.54) is 6.07 Å². The van der Waals surface area contributed by atoms with Gasteiger partial charge in [-0.1, -0.05) is 23.7 Å². The van der Waals surface area contributed by atoms with Gasteiger partial charge in [-0.15, -0.1) is 0 Å². The maximum absolute atomic E-state index is 13.0. The van der Waals surface area contributed by atoms with E-state index >= 15 is 0 Å². The fourth-order valence-corrected chi connectivity index (χ4v) is 1.98. The topological polar surface area (TPSA) is 33.3 Å². The smallest absolute Gasteiger partial charge is 0.141 e. The molecule has 0 unspecified atom stereocenters. The van der Waals surface area contributed by atoms with E-state index in [4.69, 9.17) is 16.3 Å². The van der Waals surface area contributed by atoms with Gasteiger partial charge >= 0.3 is 0 Å². The first-order valence-electron chi connectivity index (χ1n) is 6.26. The average molecular weight is 295 g/mol. The lowest BCUT2D eigenvalue weighted by Gasteiger charge is -2.12. The largest absolute Gasteiger partial charge is 0.495 e. The summed E-state index contributed by atoms with van der Waals surface area (Å²) >= 11 is 5.71. The minimum absolute atomic E-state index is 0.118. The van der Waals surface area contributed by atoms with Crippen molar-refractivity contribution in [2.24, 2.45) is 0 Å². The van der Waals surface area contributed by atoms with E-state index < -0.39 is 5.82 Å². The maximum Gasteiger partial charge on any atom is 0.141 e. The van der Waals surface area contributed by atoms with Gasteiger partial charge in [0, 0.05) is 18.8 Å². The van der Waals surface area contributed by atoms with Crippen LogP contribution in [-0.4, -0.2) is 20.2 Å². The summed E-state index contributed by atoms with van der Waals surface area (Å²) in [5.41, 5.74) is 1.73. The average Bonchev–Trinajstić information content (AvgIpc) is 2.47. The third-order valence-corrected chi connectivity index (χ3v) is 3.09. The van der Waals surface area contributed by atoms with Crippen LogP contribution in [-0.2, 0) is 0 Å². The molecule has 0 aliphatic heterocycles. The van der Waals surface area contributed by atoms with Gasteiger partial charge in [-0.05, 0) is 30.3 Å². The Morgan fingerprint density at radius 2 is 1.85 bits per heavy atom. The standard InChI is InChI=1S/C15H16ClFN2O/c1-20-15-5-3-2-4-14(15)19-9-8-18-11-6-7-13(17)12(16)10-11/h2-7,10,18-19H,8-9H2,1H3. The zero-order valence-corrected chi connectivity index (χ0v) is 11.9. The number of methoxy groups -OCH3 is 1. The molecule has 3 nitrogen and oxygen atoms in total. The number of nitrogens with one attached hydrogen (secondary N) is 2. The van der Waals surface area contributed by atoms with E-state index in [1.807, 2.05) is 24.3 Å². The van der Waals surface area contributed by atoms with Crippen LogP contribution in [0.5, 0.6) is 5.75 Å². The fraction of sp³-hybridized carbons (Fsp3) is 0.200. The molecule has 0 heterocycles. The van der Waals surface area contributed by atoms with Crippen molar-refractivity contribution in [3.05, 3.63) is 53.3 Å². The molecule has 0 aliphatic carbocycles. The van der Waals surface area contributed by atoms with Gasteiger partial charge < -0.3 is 15.4 Å². The summed E-state index contributed by atoms with van der Waals surface area (Å²) in [6.45, 7) is 1.38. The summed E-state index contributed by atoms with van der Waals surface area (Å²) in [6.07, 6.45) is 0. The van der Waals surface area contributed by atoms with E-state index in [2.05, 4.69) is 10.6 Å². The highest BCUT2D eigenvalue weighted by Crippen LogP contribution is 2.22. The molecule has 2 N–H and O–H groups in total. The Bertz CT molecular complexity index is 578. The normalized spacial score (nSPS) is 10.2. The molecule has 106 valence electrons. The molecular weight excluding hydrogens is 279 g/mol. The molecule has 2 rings (SSSR count). The van der Waals surface area contributed by atoms with Crippen LogP contribution < -0.4 is 15.4 Å². The number of anilines is 2. The first kappa shape index (κ1) is 14.5. The molecule has 0 saturated carbocycles. The zero-order valence-electron chi connectivity index (χ0n) is 11.1. The van der Waals surface area contributed by atoms with Crippen LogP contribution in [0.1, 0.15) is 0 Å². The van der Waals surface area contributed by atoms with E-state index in [9.17, 15) is 4.39 Å². The Hall–Kier alpha value is -1.94. The highest BCUT2D eigenvalue weighted by molar-refractivity contribution is 6.31. The SMILES string of the molecule is COc1ccccc1NCCNc1ccc(F)c(Cl)c1. The second-order valence-corrected chi connectivity index (χ2v) is 4.59. The quantitative estimate of drug-likeness (QED) is 0.790. The second kappa shape index (κ2) is 7.01. The van der Waals surface area contributed by atoms with Crippen LogP contribution in [0, 0.1) is 5.82 Å². The third kappa shape index (κ3) is 3.78. The monoisotopic (exact) mass is 294 g/mol. The molecular formula is C15H16ClFN2O. The number of hydrogen-bond donors (Lipinski definition) is 2. The van der Waals surface area contributed by atoms with Gasteiger partial charge in [0.15, 0.2) is 0 Å². The first-order valence-corrected chi connectivity index (χ1v) is 6.64. The number of ether oxygens (including phenoxy) is 1. The number of halogens is 2. The molecule has 0 spiro atoms. The molecule has 20 heavy (non-hydrogen) atoms. The van der Waals surface area contributed by atoms with Crippen molar-refractivity contribution in [3.8, 4) is 5.75 Å². The predicted octanol–water partition coefficient (Wildman–Crippen LogP) is 4.01. The number of rotatable bonds is 6. The predicted molar refractivity (Wildman–Crippen MR) is 81.4 cm³/mol. The van der Waals surface area contributed by atoms with Crippen LogP contribution in [0.25, 0.3) is 0 Å². The molecule has 2 aromatic carbocycles. The van der Waals surface area contributed by atoms with Crippen molar-refractivity contribution in [2.45, 2.75) is 0 Å². The highest BCUT2D eigenvalue weighted by Gasteiger charge is 2.01. The molecule has 0 aliphatic rings. The molecule has 0 amide bonds. The number of para-hydroxylation sites is 2. The molecule has 2 aromatic rings. The summed E-state index contributed by atoms with van der Waals surface area (Å²) in [5.74, 6) is 0.390. The minimum atomic E-state index is -0.413. The van der Waals surface area contributed by atoms with Crippen molar-refractivity contribution in [1.82, 2.24) is 0 Å². The zero-order chi connectivity index (χ0) is 14.4. The van der Waals surface area contributed by atoms with Crippen molar-refractivity contribution in [3.63, 3.8) is 0 Å². The van der Waals surface area contributed by atoms with Crippen molar-refractivity contribution >= 4 is 23.0 Å². The fourth-order valence-electron chi connectivity index (χ4n) is 1.80. The molecule has 0 radical (unpaired) electrons. The van der Waals surface area contributed by atoms with Gasteiger partial charge in [0.1, 0.15) is 11.6 Å². The molecule has 0 fully saturated rings. The van der Waals surface area contributed by atoms with Gasteiger partial charge in [-0.25, -0.2) is 4.39 Å². The summed E-state index contributed by atoms with van der Waals surface area (Å²) in [6, 6.07) is 12.3. The lowest BCUT2D eigenvalue weighted by Crippen LogP contribution is -2.14. The summed E-state index contributed by atoms with van der Waals surface area (Å²) in [4.78, 5) is 0. The Balaban J connectivity index is 1.83. The summed E-state index contributed by atoms with van der Waals surface area (Å²) in [5, 5.41) is 6.55.